The molecule has 0 radical (unpaired) electrons. The van der Waals surface area contributed by atoms with Gasteiger partial charge in [-0.2, -0.15) is 0 Å². The lowest BCUT2D eigenvalue weighted by atomic mass is 9.73. The Kier molecular flexibility index (Phi) is 3.78. The number of rotatable bonds is 4. The molecule has 3 fully saturated rings. The number of fused-ring (bicyclic) bond motifs is 1. The molecule has 0 aromatic rings. The van der Waals surface area contributed by atoms with Crippen molar-refractivity contribution < 1.29 is 14.6 Å². The van der Waals surface area contributed by atoms with Crippen molar-refractivity contribution in [3.05, 3.63) is 0 Å². The van der Waals surface area contributed by atoms with E-state index in [1.54, 1.807) is 0 Å². The van der Waals surface area contributed by atoms with Crippen LogP contribution in [0.3, 0.4) is 0 Å². The number of amides is 1. The third-order valence-corrected chi connectivity index (χ3v) is 5.14. The number of carbonyl (C=O) groups excluding carboxylic acids is 1. The van der Waals surface area contributed by atoms with Crippen molar-refractivity contribution >= 4 is 5.91 Å². The van der Waals surface area contributed by atoms with Gasteiger partial charge in [-0.15, -0.1) is 0 Å². The number of carbonyl (C=O) groups is 1. The molecule has 1 aliphatic carbocycles. The average Bonchev–Trinajstić information content (AvgIpc) is 2.81. The molecule has 0 spiro atoms. The summed E-state index contributed by atoms with van der Waals surface area (Å²) in [5.41, 5.74) is -0.333. The normalized spacial score (nSPS) is 41.4. The van der Waals surface area contributed by atoms with Gasteiger partial charge in [-0.1, -0.05) is 0 Å². The van der Waals surface area contributed by atoms with Gasteiger partial charge in [-0.05, 0) is 44.1 Å². The van der Waals surface area contributed by atoms with Crippen LogP contribution in [0.2, 0.25) is 0 Å². The maximum atomic E-state index is 12.6. The highest BCUT2D eigenvalue weighted by molar-refractivity contribution is 5.84. The molecule has 0 unspecified atom stereocenters. The first-order valence-electron chi connectivity index (χ1n) is 7.45. The van der Waals surface area contributed by atoms with E-state index in [0.29, 0.717) is 24.5 Å². The lowest BCUT2D eigenvalue weighted by Gasteiger charge is -2.41. The van der Waals surface area contributed by atoms with Crippen LogP contribution in [-0.4, -0.2) is 50.0 Å². The fourth-order valence-corrected chi connectivity index (χ4v) is 3.77. The molecule has 19 heavy (non-hydrogen) atoms. The first kappa shape index (κ1) is 13.3. The van der Waals surface area contributed by atoms with Gasteiger partial charge < -0.3 is 20.5 Å². The van der Waals surface area contributed by atoms with E-state index in [4.69, 9.17) is 9.84 Å². The van der Waals surface area contributed by atoms with Gasteiger partial charge in [0.2, 0.25) is 5.91 Å². The minimum atomic E-state index is -0.333. The second-order valence-electron chi connectivity index (χ2n) is 6.35. The largest absolute Gasteiger partial charge is 0.396 e. The molecule has 108 valence electrons. The molecule has 2 heterocycles. The summed E-state index contributed by atoms with van der Waals surface area (Å²) in [6, 6.07) is 0.307. The molecule has 2 saturated heterocycles. The number of nitrogens with one attached hydrogen (secondary N) is 2. The Labute approximate surface area is 114 Å². The van der Waals surface area contributed by atoms with Crippen molar-refractivity contribution in [2.75, 3.05) is 32.9 Å². The van der Waals surface area contributed by atoms with Crippen LogP contribution in [0.15, 0.2) is 0 Å². The third-order valence-electron chi connectivity index (χ3n) is 5.14. The minimum Gasteiger partial charge on any atom is -0.396 e. The van der Waals surface area contributed by atoms with Gasteiger partial charge in [0.05, 0.1) is 12.0 Å². The molecule has 0 aromatic carbocycles. The quantitative estimate of drug-likeness (QED) is 0.665. The Morgan fingerprint density at radius 3 is 3.11 bits per heavy atom. The van der Waals surface area contributed by atoms with E-state index in [0.717, 1.165) is 45.4 Å². The molecule has 3 rings (SSSR count). The summed E-state index contributed by atoms with van der Waals surface area (Å²) in [7, 11) is 0. The summed E-state index contributed by atoms with van der Waals surface area (Å²) in [5, 5.41) is 15.4. The van der Waals surface area contributed by atoms with E-state index < -0.39 is 0 Å². The monoisotopic (exact) mass is 268 g/mol. The summed E-state index contributed by atoms with van der Waals surface area (Å²) in [4.78, 5) is 12.6. The molecule has 1 amide bonds. The first-order chi connectivity index (χ1) is 9.24. The molecule has 3 N–H and O–H groups in total. The Morgan fingerprint density at radius 2 is 2.32 bits per heavy atom. The molecular formula is C14H24N2O3. The minimum absolute atomic E-state index is 0.176. The standard InChI is InChI=1S/C14H24N2O3/c17-3-1-10-5-12(6-10)16-13(18)14-8-15-7-11(14)2-4-19-9-14/h10-12,15,17H,1-9H2,(H,16,18)/t10?,11-,12?,14+/m1/s1. The molecule has 2 atom stereocenters. The van der Waals surface area contributed by atoms with E-state index in [1.165, 1.54) is 0 Å². The summed E-state index contributed by atoms with van der Waals surface area (Å²) in [5.74, 6) is 1.19. The second-order valence-corrected chi connectivity index (χ2v) is 6.35. The number of hydrogen-bond donors (Lipinski definition) is 3. The predicted molar refractivity (Wildman–Crippen MR) is 70.6 cm³/mol. The third kappa shape index (κ3) is 2.39. The number of aliphatic hydroxyl groups excluding tert-OH is 1. The van der Waals surface area contributed by atoms with Crippen LogP contribution in [0.5, 0.6) is 0 Å². The van der Waals surface area contributed by atoms with Gasteiger partial charge >= 0.3 is 0 Å². The van der Waals surface area contributed by atoms with Crippen LogP contribution in [-0.2, 0) is 9.53 Å². The van der Waals surface area contributed by atoms with Crippen LogP contribution in [0.1, 0.15) is 25.7 Å². The zero-order valence-electron chi connectivity index (χ0n) is 11.4. The van der Waals surface area contributed by atoms with Gasteiger partial charge in [0, 0.05) is 25.8 Å². The topological polar surface area (TPSA) is 70.6 Å². The predicted octanol–water partition coefficient (Wildman–Crippen LogP) is -0.110. The zero-order valence-corrected chi connectivity index (χ0v) is 11.4. The van der Waals surface area contributed by atoms with Crippen molar-refractivity contribution in [1.29, 1.82) is 0 Å². The first-order valence-corrected chi connectivity index (χ1v) is 7.45. The fourth-order valence-electron chi connectivity index (χ4n) is 3.77. The average molecular weight is 268 g/mol. The maximum absolute atomic E-state index is 12.6. The van der Waals surface area contributed by atoms with Gasteiger partial charge in [0.15, 0.2) is 0 Å². The summed E-state index contributed by atoms with van der Waals surface area (Å²) < 4.78 is 5.57. The van der Waals surface area contributed by atoms with Gasteiger partial charge in [-0.3, -0.25) is 4.79 Å². The highest BCUT2D eigenvalue weighted by atomic mass is 16.5. The second kappa shape index (κ2) is 5.38. The Hall–Kier alpha value is -0.650. The lowest BCUT2D eigenvalue weighted by molar-refractivity contribution is -0.143. The highest BCUT2D eigenvalue weighted by Crippen LogP contribution is 2.39. The van der Waals surface area contributed by atoms with Crippen LogP contribution in [0, 0.1) is 17.3 Å². The molecule has 3 aliphatic rings. The van der Waals surface area contributed by atoms with Crippen molar-refractivity contribution in [2.24, 2.45) is 17.3 Å². The van der Waals surface area contributed by atoms with Gasteiger partial charge in [0.1, 0.15) is 0 Å². The van der Waals surface area contributed by atoms with E-state index in [2.05, 4.69) is 10.6 Å². The Bertz CT molecular complexity index is 344. The maximum Gasteiger partial charge on any atom is 0.230 e. The van der Waals surface area contributed by atoms with Crippen LogP contribution in [0.25, 0.3) is 0 Å². The number of hydrogen-bond acceptors (Lipinski definition) is 4. The molecule has 1 saturated carbocycles. The van der Waals surface area contributed by atoms with Crippen molar-refractivity contribution in [2.45, 2.75) is 31.7 Å². The van der Waals surface area contributed by atoms with Crippen molar-refractivity contribution in [3.8, 4) is 0 Å². The lowest BCUT2D eigenvalue weighted by Crippen LogP contribution is -2.56. The smallest absolute Gasteiger partial charge is 0.230 e. The van der Waals surface area contributed by atoms with E-state index in [9.17, 15) is 4.79 Å². The van der Waals surface area contributed by atoms with Gasteiger partial charge in [-0.25, -0.2) is 0 Å². The summed E-state index contributed by atoms with van der Waals surface area (Å²) in [6.45, 7) is 3.28. The molecular weight excluding hydrogens is 244 g/mol. The SMILES string of the molecule is O=C(NC1CC(CCO)C1)[C@]12CNC[C@H]1CCOC2. The number of ether oxygens (including phenoxy) is 1. The van der Waals surface area contributed by atoms with Crippen LogP contribution in [0.4, 0.5) is 0 Å². The Morgan fingerprint density at radius 1 is 1.47 bits per heavy atom. The summed E-state index contributed by atoms with van der Waals surface area (Å²) >= 11 is 0. The van der Waals surface area contributed by atoms with E-state index in [1.807, 2.05) is 0 Å². The van der Waals surface area contributed by atoms with E-state index in [-0.39, 0.29) is 17.9 Å². The van der Waals surface area contributed by atoms with Crippen molar-refractivity contribution in [3.63, 3.8) is 0 Å². The van der Waals surface area contributed by atoms with Crippen molar-refractivity contribution in [1.82, 2.24) is 10.6 Å². The van der Waals surface area contributed by atoms with Gasteiger partial charge in [0.25, 0.3) is 0 Å². The molecule has 0 bridgehead atoms. The van der Waals surface area contributed by atoms with Crippen LogP contribution < -0.4 is 10.6 Å². The zero-order chi connectivity index (χ0) is 13.3. The van der Waals surface area contributed by atoms with E-state index >= 15 is 0 Å². The molecule has 0 aromatic heterocycles. The molecule has 5 nitrogen and oxygen atoms in total. The molecule has 5 heteroatoms. The highest BCUT2D eigenvalue weighted by Gasteiger charge is 2.51. The molecule has 2 aliphatic heterocycles. The number of aliphatic hydroxyl groups is 1. The van der Waals surface area contributed by atoms with Crippen LogP contribution >= 0.6 is 0 Å². The summed E-state index contributed by atoms with van der Waals surface area (Å²) in [6.07, 6.45) is 3.88. The Balaban J connectivity index is 1.55. The fraction of sp³-hybridized carbons (Fsp3) is 0.929.